The van der Waals surface area contributed by atoms with Gasteiger partial charge in [-0.15, -0.1) is 0 Å². The Morgan fingerprint density at radius 1 is 1.12 bits per heavy atom. The summed E-state index contributed by atoms with van der Waals surface area (Å²) in [7, 11) is 1.84. The van der Waals surface area contributed by atoms with E-state index in [9.17, 15) is 4.79 Å². The monoisotopic (exact) mass is 338 g/mol. The quantitative estimate of drug-likeness (QED) is 0.835. The first-order valence-electron chi connectivity index (χ1n) is 9.13. The van der Waals surface area contributed by atoms with Crippen LogP contribution in [-0.2, 0) is 0 Å². The van der Waals surface area contributed by atoms with Gasteiger partial charge < -0.3 is 9.80 Å². The van der Waals surface area contributed by atoms with E-state index in [4.69, 9.17) is 4.98 Å². The van der Waals surface area contributed by atoms with Crippen molar-refractivity contribution in [2.24, 2.45) is 0 Å². The zero-order valence-electron chi connectivity index (χ0n) is 15.1. The van der Waals surface area contributed by atoms with Crippen molar-refractivity contribution in [2.75, 3.05) is 31.6 Å². The van der Waals surface area contributed by atoms with E-state index in [0.717, 1.165) is 43.3 Å². The molecule has 2 heterocycles. The maximum atomic E-state index is 12.3. The number of carbonyl (C=O) groups is 1. The number of anilines is 1. The summed E-state index contributed by atoms with van der Waals surface area (Å²) >= 11 is 0. The van der Waals surface area contributed by atoms with Crippen LogP contribution in [0.15, 0.2) is 36.5 Å². The molecule has 0 bridgehead atoms. The average Bonchev–Trinajstić information content (AvgIpc) is 2.68. The number of nitrogens with zero attached hydrogens (tertiary/aromatic N) is 4. The molecule has 0 atom stereocenters. The second-order valence-electron chi connectivity index (χ2n) is 6.59. The van der Waals surface area contributed by atoms with Crippen LogP contribution in [0.25, 0.3) is 11.3 Å². The van der Waals surface area contributed by atoms with Gasteiger partial charge in [-0.1, -0.05) is 19.1 Å². The first-order chi connectivity index (χ1) is 12.2. The summed E-state index contributed by atoms with van der Waals surface area (Å²) in [5.74, 6) is 0.866. The summed E-state index contributed by atoms with van der Waals surface area (Å²) in [5, 5.41) is 0. The number of hydrogen-bond donors (Lipinski definition) is 0. The predicted octanol–water partition coefficient (Wildman–Crippen LogP) is 3.62. The summed E-state index contributed by atoms with van der Waals surface area (Å²) in [6, 6.07) is 9.62. The van der Waals surface area contributed by atoms with Crippen LogP contribution in [-0.4, -0.2) is 47.5 Å². The van der Waals surface area contributed by atoms with Crippen LogP contribution < -0.4 is 4.90 Å². The number of amides is 1. The SMILES string of the molecule is CCCN(C)C(=O)c1ccc(-c2ccnc(N3CCCCC3)n2)cc1. The Morgan fingerprint density at radius 2 is 1.84 bits per heavy atom. The molecule has 1 fully saturated rings. The number of aromatic nitrogens is 2. The van der Waals surface area contributed by atoms with Crippen molar-refractivity contribution in [1.29, 1.82) is 0 Å². The Kier molecular flexibility index (Phi) is 5.64. The molecule has 0 unspecified atom stereocenters. The van der Waals surface area contributed by atoms with Gasteiger partial charge in [-0.3, -0.25) is 4.79 Å². The first-order valence-corrected chi connectivity index (χ1v) is 9.13. The maximum Gasteiger partial charge on any atom is 0.253 e. The Balaban J connectivity index is 1.77. The van der Waals surface area contributed by atoms with Crippen molar-refractivity contribution in [1.82, 2.24) is 14.9 Å². The fourth-order valence-corrected chi connectivity index (χ4v) is 3.20. The van der Waals surface area contributed by atoms with Crippen molar-refractivity contribution < 1.29 is 4.79 Å². The Labute approximate surface area is 149 Å². The molecule has 1 aliphatic rings. The topological polar surface area (TPSA) is 49.3 Å². The van der Waals surface area contributed by atoms with Gasteiger partial charge in [0.15, 0.2) is 0 Å². The van der Waals surface area contributed by atoms with Gasteiger partial charge in [0.1, 0.15) is 0 Å². The Morgan fingerprint density at radius 3 is 2.52 bits per heavy atom. The van der Waals surface area contributed by atoms with Crippen molar-refractivity contribution >= 4 is 11.9 Å². The minimum atomic E-state index is 0.0603. The molecule has 0 saturated carbocycles. The van der Waals surface area contributed by atoms with E-state index in [1.54, 1.807) is 4.90 Å². The third kappa shape index (κ3) is 4.16. The van der Waals surface area contributed by atoms with Crippen molar-refractivity contribution in [3.05, 3.63) is 42.1 Å². The van der Waals surface area contributed by atoms with Crippen LogP contribution in [0.4, 0.5) is 5.95 Å². The van der Waals surface area contributed by atoms with Gasteiger partial charge in [0.05, 0.1) is 5.69 Å². The van der Waals surface area contributed by atoms with E-state index < -0.39 is 0 Å². The standard InChI is InChI=1S/C20H26N4O/c1-3-13-23(2)19(25)17-9-7-16(8-10-17)18-11-12-21-20(22-18)24-14-5-4-6-15-24/h7-12H,3-6,13-15H2,1-2H3. The van der Waals surface area contributed by atoms with Gasteiger partial charge in [-0.25, -0.2) is 9.97 Å². The average molecular weight is 338 g/mol. The molecule has 3 rings (SSSR count). The third-order valence-electron chi connectivity index (χ3n) is 4.62. The predicted molar refractivity (Wildman–Crippen MR) is 101 cm³/mol. The highest BCUT2D eigenvalue weighted by Crippen LogP contribution is 2.22. The van der Waals surface area contributed by atoms with Crippen LogP contribution in [0.5, 0.6) is 0 Å². The lowest BCUT2D eigenvalue weighted by molar-refractivity contribution is 0.0795. The van der Waals surface area contributed by atoms with Crippen LogP contribution in [0.1, 0.15) is 43.0 Å². The second-order valence-corrected chi connectivity index (χ2v) is 6.59. The molecule has 2 aromatic rings. The van der Waals surface area contributed by atoms with E-state index in [0.29, 0.717) is 5.56 Å². The number of carbonyl (C=O) groups excluding carboxylic acids is 1. The largest absolute Gasteiger partial charge is 0.342 e. The fraction of sp³-hybridized carbons (Fsp3) is 0.450. The highest BCUT2D eigenvalue weighted by Gasteiger charge is 2.15. The molecule has 1 aliphatic heterocycles. The molecule has 0 spiro atoms. The molecule has 5 heteroatoms. The van der Waals surface area contributed by atoms with Crippen molar-refractivity contribution in [3.8, 4) is 11.3 Å². The highest BCUT2D eigenvalue weighted by atomic mass is 16.2. The first kappa shape index (κ1) is 17.4. The minimum Gasteiger partial charge on any atom is -0.342 e. The van der Waals surface area contributed by atoms with Gasteiger partial charge >= 0.3 is 0 Å². The van der Waals surface area contributed by atoms with Gasteiger partial charge in [-0.2, -0.15) is 0 Å². The van der Waals surface area contributed by atoms with Crippen molar-refractivity contribution in [2.45, 2.75) is 32.6 Å². The second kappa shape index (κ2) is 8.10. The molecule has 132 valence electrons. The molecule has 1 aromatic carbocycles. The van der Waals surface area contributed by atoms with Gasteiger partial charge in [0.2, 0.25) is 5.95 Å². The summed E-state index contributed by atoms with van der Waals surface area (Å²) in [6.07, 6.45) is 6.48. The zero-order valence-corrected chi connectivity index (χ0v) is 15.1. The number of rotatable bonds is 5. The molecular weight excluding hydrogens is 312 g/mol. The van der Waals surface area contributed by atoms with E-state index in [1.165, 1.54) is 19.3 Å². The molecule has 0 N–H and O–H groups in total. The lowest BCUT2D eigenvalue weighted by Gasteiger charge is -2.26. The summed E-state index contributed by atoms with van der Waals surface area (Å²) in [5.41, 5.74) is 2.62. The molecule has 1 aromatic heterocycles. The van der Waals surface area contributed by atoms with Gasteiger partial charge in [-0.05, 0) is 43.9 Å². The maximum absolute atomic E-state index is 12.3. The molecule has 1 amide bonds. The number of hydrogen-bond acceptors (Lipinski definition) is 4. The lowest BCUT2D eigenvalue weighted by atomic mass is 10.1. The molecule has 5 nitrogen and oxygen atoms in total. The van der Waals surface area contributed by atoms with Crippen molar-refractivity contribution in [3.63, 3.8) is 0 Å². The third-order valence-corrected chi connectivity index (χ3v) is 4.62. The fourth-order valence-electron chi connectivity index (χ4n) is 3.20. The molecule has 0 aliphatic carbocycles. The summed E-state index contributed by atoms with van der Waals surface area (Å²) in [6.45, 7) is 4.90. The summed E-state index contributed by atoms with van der Waals surface area (Å²) < 4.78 is 0. The van der Waals surface area contributed by atoms with E-state index in [-0.39, 0.29) is 5.91 Å². The lowest BCUT2D eigenvalue weighted by Crippen LogP contribution is -2.30. The summed E-state index contributed by atoms with van der Waals surface area (Å²) in [4.78, 5) is 25.5. The van der Waals surface area contributed by atoms with Crippen LogP contribution in [0, 0.1) is 0 Å². The normalized spacial score (nSPS) is 14.4. The van der Waals surface area contributed by atoms with E-state index in [2.05, 4.69) is 16.8 Å². The van der Waals surface area contributed by atoms with Gasteiger partial charge in [0, 0.05) is 44.0 Å². The van der Waals surface area contributed by atoms with Crippen LogP contribution in [0.3, 0.4) is 0 Å². The van der Waals surface area contributed by atoms with E-state index >= 15 is 0 Å². The zero-order chi connectivity index (χ0) is 17.6. The Hall–Kier alpha value is -2.43. The van der Waals surface area contributed by atoms with E-state index in [1.807, 2.05) is 43.6 Å². The smallest absolute Gasteiger partial charge is 0.253 e. The molecule has 25 heavy (non-hydrogen) atoms. The number of benzene rings is 1. The molecule has 1 saturated heterocycles. The highest BCUT2D eigenvalue weighted by molar-refractivity contribution is 5.94. The molecule has 0 radical (unpaired) electrons. The van der Waals surface area contributed by atoms with Crippen LogP contribution in [0.2, 0.25) is 0 Å². The molecular formula is C20H26N4O. The minimum absolute atomic E-state index is 0.0603. The van der Waals surface area contributed by atoms with Crippen LogP contribution >= 0.6 is 0 Å². The van der Waals surface area contributed by atoms with Gasteiger partial charge in [0.25, 0.3) is 5.91 Å². The Bertz CT molecular complexity index is 708. The number of piperidine rings is 1.